The molecule has 0 radical (unpaired) electrons. The summed E-state index contributed by atoms with van der Waals surface area (Å²) in [6, 6.07) is 1.89. The topological polar surface area (TPSA) is 75.5 Å². The van der Waals surface area contributed by atoms with Crippen LogP contribution in [0.25, 0.3) is 5.65 Å². The molecule has 0 aliphatic rings. The van der Waals surface area contributed by atoms with Crippen molar-refractivity contribution in [1.29, 1.82) is 0 Å². The highest BCUT2D eigenvalue weighted by Gasteiger charge is 2.09. The van der Waals surface area contributed by atoms with Crippen LogP contribution in [0.15, 0.2) is 18.5 Å². The second-order valence-electron chi connectivity index (χ2n) is 4.21. The molecule has 2 N–H and O–H groups in total. The van der Waals surface area contributed by atoms with E-state index in [0.29, 0.717) is 0 Å². The molecule has 6 nitrogen and oxygen atoms in total. The Bertz CT molecular complexity index is 676. The largest absolute Gasteiger partial charge is 0.387 e. The molecule has 0 saturated carbocycles. The summed E-state index contributed by atoms with van der Waals surface area (Å²) in [6.45, 7) is 2.13. The molecule has 0 aliphatic heterocycles. The smallest absolute Gasteiger partial charge is 0.209 e. The predicted molar refractivity (Wildman–Crippen MR) is 71.2 cm³/mol. The Kier molecular flexibility index (Phi) is 3.27. The summed E-state index contributed by atoms with van der Waals surface area (Å²) < 4.78 is 26.7. The van der Waals surface area contributed by atoms with Crippen LogP contribution in [0.2, 0.25) is 0 Å². The summed E-state index contributed by atoms with van der Waals surface area (Å²) in [5.41, 5.74) is 3.40. The maximum absolute atomic E-state index is 11.1. The molecular formula is C11H16N4O2S. The van der Waals surface area contributed by atoms with Crippen molar-refractivity contribution in [1.82, 2.24) is 14.1 Å². The second kappa shape index (κ2) is 4.58. The molecular weight excluding hydrogens is 252 g/mol. The predicted octanol–water partition coefficient (Wildman–Crippen LogP) is 0.734. The second-order valence-corrected chi connectivity index (χ2v) is 6.04. The molecule has 2 aromatic heterocycles. The van der Waals surface area contributed by atoms with E-state index in [1.165, 1.54) is 0 Å². The van der Waals surface area contributed by atoms with Gasteiger partial charge in [-0.25, -0.2) is 18.1 Å². The van der Waals surface area contributed by atoms with E-state index in [2.05, 4.69) is 15.0 Å². The van der Waals surface area contributed by atoms with Gasteiger partial charge in [-0.3, -0.25) is 0 Å². The van der Waals surface area contributed by atoms with E-state index in [1.807, 2.05) is 36.8 Å². The van der Waals surface area contributed by atoms with Crippen LogP contribution in [0.1, 0.15) is 11.3 Å². The highest BCUT2D eigenvalue weighted by molar-refractivity contribution is 7.88. The lowest BCUT2D eigenvalue weighted by Crippen LogP contribution is -2.21. The van der Waals surface area contributed by atoms with Crippen LogP contribution in [0, 0.1) is 6.92 Å². The van der Waals surface area contributed by atoms with Crippen molar-refractivity contribution in [3.8, 4) is 0 Å². The highest BCUT2D eigenvalue weighted by atomic mass is 32.2. The number of nitrogens with one attached hydrogen (secondary N) is 2. The maximum Gasteiger partial charge on any atom is 0.209 e. The lowest BCUT2D eigenvalue weighted by atomic mass is 10.2. The van der Waals surface area contributed by atoms with Crippen LogP contribution in [0.3, 0.4) is 0 Å². The van der Waals surface area contributed by atoms with Crippen molar-refractivity contribution in [3.63, 3.8) is 0 Å². The fourth-order valence-electron chi connectivity index (χ4n) is 1.77. The van der Waals surface area contributed by atoms with Gasteiger partial charge in [-0.05, 0) is 13.0 Å². The number of aromatic nitrogens is 2. The van der Waals surface area contributed by atoms with Gasteiger partial charge in [-0.2, -0.15) is 0 Å². The van der Waals surface area contributed by atoms with E-state index >= 15 is 0 Å². The van der Waals surface area contributed by atoms with Crippen LogP contribution >= 0.6 is 0 Å². The molecule has 0 fully saturated rings. The maximum atomic E-state index is 11.1. The van der Waals surface area contributed by atoms with Gasteiger partial charge in [-0.15, -0.1) is 0 Å². The van der Waals surface area contributed by atoms with Crippen LogP contribution in [0.5, 0.6) is 0 Å². The lowest BCUT2D eigenvalue weighted by molar-refractivity contribution is 0.587. The van der Waals surface area contributed by atoms with Crippen LogP contribution in [0.4, 0.5) is 5.69 Å². The number of aryl methyl sites for hydroxylation is 1. The lowest BCUT2D eigenvalue weighted by Gasteiger charge is -2.08. The summed E-state index contributed by atoms with van der Waals surface area (Å²) in [5.74, 6) is 0. The number of rotatable bonds is 4. The summed E-state index contributed by atoms with van der Waals surface area (Å²) in [6.07, 6.45) is 4.96. The Hall–Kier alpha value is -1.60. The molecule has 0 spiro atoms. The van der Waals surface area contributed by atoms with Crippen molar-refractivity contribution in [3.05, 3.63) is 29.7 Å². The summed E-state index contributed by atoms with van der Waals surface area (Å²) in [5, 5.41) is 3.04. The fourth-order valence-corrected chi connectivity index (χ4v) is 2.18. The van der Waals surface area contributed by atoms with Gasteiger partial charge in [0, 0.05) is 31.5 Å². The van der Waals surface area contributed by atoms with Gasteiger partial charge >= 0.3 is 0 Å². The minimum atomic E-state index is -3.21. The Morgan fingerprint density at radius 3 is 2.72 bits per heavy atom. The Balaban J connectivity index is 2.46. The zero-order chi connectivity index (χ0) is 13.3. The number of sulfonamides is 1. The normalized spacial score (nSPS) is 11.9. The van der Waals surface area contributed by atoms with Gasteiger partial charge in [0.1, 0.15) is 5.65 Å². The summed E-state index contributed by atoms with van der Waals surface area (Å²) >= 11 is 0. The van der Waals surface area contributed by atoms with E-state index in [-0.39, 0.29) is 6.54 Å². The SMILES string of the molecule is CNc1cc(CNS(C)(=O)=O)c2nc(C)cn2c1. The third kappa shape index (κ3) is 2.80. The number of hydrogen-bond acceptors (Lipinski definition) is 4. The Labute approximate surface area is 106 Å². The molecule has 7 heteroatoms. The van der Waals surface area contributed by atoms with Crippen LogP contribution in [-0.2, 0) is 16.6 Å². The molecule has 0 saturated heterocycles. The molecule has 0 unspecified atom stereocenters. The Morgan fingerprint density at radius 1 is 1.39 bits per heavy atom. The number of imidazole rings is 1. The molecule has 0 bridgehead atoms. The van der Waals surface area contributed by atoms with Gasteiger partial charge in [0.2, 0.25) is 10.0 Å². The van der Waals surface area contributed by atoms with Crippen molar-refractivity contribution >= 4 is 21.4 Å². The third-order valence-electron chi connectivity index (χ3n) is 2.56. The molecule has 2 aromatic rings. The number of nitrogens with zero attached hydrogens (tertiary/aromatic N) is 2. The first-order valence-electron chi connectivity index (χ1n) is 5.49. The summed E-state index contributed by atoms with van der Waals surface area (Å²) in [7, 11) is -1.39. The molecule has 98 valence electrons. The van der Waals surface area contributed by atoms with E-state index in [4.69, 9.17) is 0 Å². The van der Waals surface area contributed by atoms with Crippen molar-refractivity contribution < 1.29 is 8.42 Å². The molecule has 0 aromatic carbocycles. The van der Waals surface area contributed by atoms with E-state index in [9.17, 15) is 8.42 Å². The zero-order valence-electron chi connectivity index (χ0n) is 10.6. The third-order valence-corrected chi connectivity index (χ3v) is 3.23. The molecule has 18 heavy (non-hydrogen) atoms. The average molecular weight is 268 g/mol. The molecule has 2 rings (SSSR count). The monoisotopic (exact) mass is 268 g/mol. The van der Waals surface area contributed by atoms with Crippen molar-refractivity contribution in [2.75, 3.05) is 18.6 Å². The van der Waals surface area contributed by atoms with Gasteiger partial charge < -0.3 is 9.72 Å². The van der Waals surface area contributed by atoms with E-state index < -0.39 is 10.0 Å². The Morgan fingerprint density at radius 2 is 2.11 bits per heavy atom. The first kappa shape index (κ1) is 12.8. The number of fused-ring (bicyclic) bond motifs is 1. The van der Waals surface area contributed by atoms with Gasteiger partial charge in [0.25, 0.3) is 0 Å². The summed E-state index contributed by atoms with van der Waals surface area (Å²) in [4.78, 5) is 4.39. The van der Waals surface area contributed by atoms with Crippen molar-refractivity contribution in [2.45, 2.75) is 13.5 Å². The molecule has 2 heterocycles. The molecule has 0 atom stereocenters. The van der Waals surface area contributed by atoms with Crippen LogP contribution in [-0.4, -0.2) is 31.1 Å². The molecule has 0 aliphatic carbocycles. The quantitative estimate of drug-likeness (QED) is 0.857. The van der Waals surface area contributed by atoms with E-state index in [0.717, 1.165) is 28.8 Å². The average Bonchev–Trinajstić information content (AvgIpc) is 2.64. The first-order valence-corrected chi connectivity index (χ1v) is 7.39. The highest BCUT2D eigenvalue weighted by Crippen LogP contribution is 2.17. The van der Waals surface area contributed by atoms with Crippen LogP contribution < -0.4 is 10.0 Å². The zero-order valence-corrected chi connectivity index (χ0v) is 11.4. The fraction of sp³-hybridized carbons (Fsp3) is 0.364. The van der Waals surface area contributed by atoms with Gasteiger partial charge in [0.15, 0.2) is 0 Å². The van der Waals surface area contributed by atoms with Gasteiger partial charge in [0.05, 0.1) is 17.6 Å². The number of anilines is 1. The number of hydrogen-bond donors (Lipinski definition) is 2. The first-order chi connectivity index (χ1) is 8.39. The number of pyridine rings is 1. The van der Waals surface area contributed by atoms with Crippen molar-refractivity contribution in [2.24, 2.45) is 0 Å². The van der Waals surface area contributed by atoms with E-state index in [1.54, 1.807) is 0 Å². The minimum absolute atomic E-state index is 0.230. The van der Waals surface area contributed by atoms with Gasteiger partial charge in [-0.1, -0.05) is 0 Å². The minimum Gasteiger partial charge on any atom is -0.387 e. The molecule has 0 amide bonds. The standard InChI is InChI=1S/C11H16N4O2S/c1-8-6-15-7-10(12-2)4-9(11(15)14-8)5-13-18(3,16)17/h4,6-7,12-13H,5H2,1-3H3.